The van der Waals surface area contributed by atoms with Gasteiger partial charge in [-0.05, 0) is 87.7 Å². The third-order valence-electron chi connectivity index (χ3n) is 12.4. The predicted octanol–water partition coefficient (Wildman–Crippen LogP) is 12.6. The van der Waals surface area contributed by atoms with Crippen molar-refractivity contribution in [2.45, 2.75) is 38.0 Å². The molecule has 0 saturated carbocycles. The van der Waals surface area contributed by atoms with Gasteiger partial charge in [-0.1, -0.05) is 148 Å². The van der Waals surface area contributed by atoms with E-state index in [4.69, 9.17) is 14.7 Å². The molecule has 0 amide bonds. The summed E-state index contributed by atoms with van der Waals surface area (Å²) in [6.45, 7) is 7.08. The largest absolute Gasteiger partial charge is 0.457 e. The minimum Gasteiger partial charge on any atom is -0.457 e. The van der Waals surface area contributed by atoms with Gasteiger partial charge in [-0.3, -0.25) is 0 Å². The van der Waals surface area contributed by atoms with E-state index in [1.807, 2.05) is 0 Å². The fraction of sp³-hybridized carbons (Fsp3) is 0.137. The summed E-state index contributed by atoms with van der Waals surface area (Å²) in [7, 11) is 0. The fourth-order valence-electron chi connectivity index (χ4n) is 9.80. The number of benzene rings is 6. The molecule has 1 aromatic heterocycles. The molecule has 7 aromatic rings. The molecule has 11 rings (SSSR count). The minimum atomic E-state index is -0.559. The van der Waals surface area contributed by atoms with Crippen LogP contribution in [0.1, 0.15) is 60.6 Å². The average molecular weight is 695 g/mol. The molecular weight excluding hydrogens is 657 g/mol. The molecule has 2 heterocycles. The Kier molecular flexibility index (Phi) is 6.56. The molecule has 3 nitrogen and oxygen atoms in total. The number of nitrogens with zero attached hydrogens (tertiary/aromatic N) is 2. The van der Waals surface area contributed by atoms with Crippen LogP contribution in [0.3, 0.4) is 0 Å². The lowest BCUT2D eigenvalue weighted by Gasteiger charge is -2.39. The summed E-state index contributed by atoms with van der Waals surface area (Å²) in [4.78, 5) is 10.7. The molecule has 3 heteroatoms. The van der Waals surface area contributed by atoms with Gasteiger partial charge in [-0.25, -0.2) is 9.97 Å². The zero-order chi connectivity index (χ0) is 36.2. The number of rotatable bonds is 3. The average Bonchev–Trinajstić information content (AvgIpc) is 3.63. The van der Waals surface area contributed by atoms with E-state index in [1.165, 1.54) is 39.0 Å². The minimum absolute atomic E-state index is 0.0468. The summed E-state index contributed by atoms with van der Waals surface area (Å²) in [5.74, 6) is 2.98. The molecule has 6 aromatic carbocycles. The molecule has 4 aliphatic rings. The van der Waals surface area contributed by atoms with E-state index in [9.17, 15) is 0 Å². The van der Waals surface area contributed by atoms with Crippen LogP contribution in [0.4, 0.5) is 0 Å². The highest BCUT2D eigenvalue weighted by Gasteiger charge is 2.51. The maximum absolute atomic E-state index is 6.73. The number of aromatic nitrogens is 2. The van der Waals surface area contributed by atoms with Crippen molar-refractivity contribution in [3.05, 3.63) is 197 Å². The van der Waals surface area contributed by atoms with Crippen LogP contribution >= 0.6 is 0 Å². The van der Waals surface area contributed by atoms with Crippen LogP contribution in [-0.4, -0.2) is 9.97 Å². The van der Waals surface area contributed by atoms with Gasteiger partial charge in [-0.2, -0.15) is 0 Å². The zero-order valence-electron chi connectivity index (χ0n) is 30.6. The van der Waals surface area contributed by atoms with Gasteiger partial charge in [0, 0.05) is 33.2 Å². The smallest absolute Gasteiger partial charge is 0.160 e. The van der Waals surface area contributed by atoms with Crippen molar-refractivity contribution in [2.24, 2.45) is 5.92 Å². The molecule has 0 fully saturated rings. The van der Waals surface area contributed by atoms with E-state index in [2.05, 4.69) is 179 Å². The first-order valence-corrected chi connectivity index (χ1v) is 19.0. The van der Waals surface area contributed by atoms with E-state index in [-0.39, 0.29) is 5.41 Å². The third-order valence-corrected chi connectivity index (χ3v) is 12.4. The SMILES string of the molecule is CC1C=CC2=C(C1)C(C)(C)c1cc(-c3cc(-c4ccccc4)nc(-c4ccc5c(c4)C4(c6ccccc6O5)c5ccccc5-c5ccccc54)n3)ccc12. The number of allylic oxidation sites excluding steroid dienone is 4. The van der Waals surface area contributed by atoms with Gasteiger partial charge in [0.05, 0.1) is 16.8 Å². The first-order valence-electron chi connectivity index (χ1n) is 19.0. The molecule has 0 saturated heterocycles. The Morgan fingerprint density at radius 1 is 0.537 bits per heavy atom. The maximum Gasteiger partial charge on any atom is 0.160 e. The quantitative estimate of drug-likeness (QED) is 0.185. The topological polar surface area (TPSA) is 35.0 Å². The first kappa shape index (κ1) is 31.2. The zero-order valence-corrected chi connectivity index (χ0v) is 30.6. The Labute approximate surface area is 316 Å². The molecule has 1 aliphatic heterocycles. The van der Waals surface area contributed by atoms with Crippen LogP contribution in [0.25, 0.3) is 50.6 Å². The standard InChI is InChI=1S/C51H38N2O/c1-31-21-24-37-38-25-22-33(28-43(38)50(2,3)42(37)27-31)46-30-45(32-13-5-4-6-14-32)52-49(53-46)34-23-26-48-44(29-34)51(41-19-11-12-20-47(41)54-48)39-17-9-7-15-35(39)36-16-8-10-18-40(36)51/h4-26,28-31H,27H2,1-3H3. The normalized spacial score (nSPS) is 17.6. The monoisotopic (exact) mass is 694 g/mol. The van der Waals surface area contributed by atoms with Crippen LogP contribution in [0.5, 0.6) is 11.5 Å². The molecule has 0 N–H and O–H groups in total. The van der Waals surface area contributed by atoms with Crippen LogP contribution in [0, 0.1) is 5.92 Å². The number of hydrogen-bond donors (Lipinski definition) is 0. The maximum atomic E-state index is 6.73. The highest BCUT2D eigenvalue weighted by atomic mass is 16.5. The second kappa shape index (κ2) is 11.3. The van der Waals surface area contributed by atoms with E-state index >= 15 is 0 Å². The highest BCUT2D eigenvalue weighted by molar-refractivity contribution is 5.90. The lowest BCUT2D eigenvalue weighted by atomic mass is 9.66. The van der Waals surface area contributed by atoms with E-state index < -0.39 is 5.41 Å². The number of para-hydroxylation sites is 1. The Morgan fingerprint density at radius 2 is 1.15 bits per heavy atom. The van der Waals surface area contributed by atoms with Crippen molar-refractivity contribution in [2.75, 3.05) is 0 Å². The van der Waals surface area contributed by atoms with E-state index in [0.717, 1.165) is 57.1 Å². The molecule has 1 unspecified atom stereocenters. The summed E-state index contributed by atoms with van der Waals surface area (Å²) < 4.78 is 6.73. The Hall–Kier alpha value is -6.32. The predicted molar refractivity (Wildman–Crippen MR) is 219 cm³/mol. The van der Waals surface area contributed by atoms with Gasteiger partial charge in [0.1, 0.15) is 11.5 Å². The van der Waals surface area contributed by atoms with Crippen molar-refractivity contribution in [1.82, 2.24) is 9.97 Å². The fourth-order valence-corrected chi connectivity index (χ4v) is 9.80. The molecular formula is C51H38N2O. The summed E-state index contributed by atoms with van der Waals surface area (Å²) in [5, 5.41) is 0. The van der Waals surface area contributed by atoms with Gasteiger partial charge < -0.3 is 4.74 Å². The lowest BCUT2D eigenvalue weighted by molar-refractivity contribution is 0.436. The van der Waals surface area contributed by atoms with Gasteiger partial charge in [0.25, 0.3) is 0 Å². The molecule has 1 atom stereocenters. The van der Waals surface area contributed by atoms with Gasteiger partial charge in [-0.15, -0.1) is 0 Å². The van der Waals surface area contributed by atoms with Crippen molar-refractivity contribution < 1.29 is 4.74 Å². The van der Waals surface area contributed by atoms with Gasteiger partial charge >= 0.3 is 0 Å². The lowest BCUT2D eigenvalue weighted by Crippen LogP contribution is -2.32. The summed E-state index contributed by atoms with van der Waals surface area (Å²) >= 11 is 0. The molecule has 0 bridgehead atoms. The molecule has 0 radical (unpaired) electrons. The van der Waals surface area contributed by atoms with Crippen molar-refractivity contribution in [3.8, 4) is 56.5 Å². The van der Waals surface area contributed by atoms with Crippen molar-refractivity contribution >= 4 is 5.57 Å². The van der Waals surface area contributed by atoms with E-state index in [1.54, 1.807) is 5.57 Å². The molecule has 258 valence electrons. The van der Waals surface area contributed by atoms with Gasteiger partial charge in [0.2, 0.25) is 0 Å². The number of fused-ring (bicyclic) bond motifs is 11. The van der Waals surface area contributed by atoms with Crippen LogP contribution in [-0.2, 0) is 10.8 Å². The Morgan fingerprint density at radius 3 is 1.91 bits per heavy atom. The number of ether oxygens (including phenoxy) is 1. The highest BCUT2D eigenvalue weighted by Crippen LogP contribution is 2.62. The summed E-state index contributed by atoms with van der Waals surface area (Å²) in [5.41, 5.74) is 17.3. The summed E-state index contributed by atoms with van der Waals surface area (Å²) in [6, 6.07) is 52.3. The Bertz CT molecular complexity index is 2720. The molecule has 54 heavy (non-hydrogen) atoms. The summed E-state index contributed by atoms with van der Waals surface area (Å²) in [6.07, 6.45) is 5.80. The molecule has 1 spiro atoms. The van der Waals surface area contributed by atoms with Crippen molar-refractivity contribution in [3.63, 3.8) is 0 Å². The second-order valence-electron chi connectivity index (χ2n) is 15.8. The van der Waals surface area contributed by atoms with Crippen LogP contribution < -0.4 is 4.74 Å². The van der Waals surface area contributed by atoms with Crippen molar-refractivity contribution in [1.29, 1.82) is 0 Å². The van der Waals surface area contributed by atoms with Crippen LogP contribution in [0.15, 0.2) is 163 Å². The second-order valence-corrected chi connectivity index (χ2v) is 15.8. The molecule has 3 aliphatic carbocycles. The van der Waals surface area contributed by atoms with Crippen LogP contribution in [0.2, 0.25) is 0 Å². The third kappa shape index (κ3) is 4.30. The van der Waals surface area contributed by atoms with E-state index in [0.29, 0.717) is 11.7 Å². The van der Waals surface area contributed by atoms with Gasteiger partial charge in [0.15, 0.2) is 5.82 Å². The first-order chi connectivity index (χ1) is 26.4. The number of hydrogen-bond acceptors (Lipinski definition) is 3. The Balaban J connectivity index is 1.12.